The number of hydrogen-bond acceptors (Lipinski definition) is 2. The van der Waals surface area contributed by atoms with E-state index in [9.17, 15) is 4.79 Å². The summed E-state index contributed by atoms with van der Waals surface area (Å²) in [5.41, 5.74) is 0.164. The van der Waals surface area contributed by atoms with Gasteiger partial charge in [0, 0.05) is 5.54 Å². The average Bonchev–Trinajstić information content (AvgIpc) is 2.25. The Morgan fingerprint density at radius 1 is 1.12 bits per heavy atom. The summed E-state index contributed by atoms with van der Waals surface area (Å²) in [6, 6.07) is -0.0667. The van der Waals surface area contributed by atoms with Crippen molar-refractivity contribution in [2.24, 2.45) is 17.8 Å². The zero-order chi connectivity index (χ0) is 12.0. The molecule has 0 aliphatic heterocycles. The molecule has 0 spiro atoms. The average molecular weight is 236 g/mol. The fourth-order valence-corrected chi connectivity index (χ4v) is 4.76. The first-order valence-electron chi connectivity index (χ1n) is 7.09. The molecule has 3 nitrogen and oxygen atoms in total. The molecule has 1 unspecified atom stereocenters. The van der Waals surface area contributed by atoms with E-state index in [1.54, 1.807) is 0 Å². The molecule has 4 rings (SSSR count). The molecule has 2 N–H and O–H groups in total. The van der Waals surface area contributed by atoms with Crippen molar-refractivity contribution >= 4 is 5.91 Å². The molecule has 0 aromatic carbocycles. The summed E-state index contributed by atoms with van der Waals surface area (Å²) in [7, 11) is 1.85. The molecule has 96 valence electrons. The molecule has 1 atom stereocenters. The van der Waals surface area contributed by atoms with Gasteiger partial charge in [-0.25, -0.2) is 0 Å². The van der Waals surface area contributed by atoms with Gasteiger partial charge >= 0.3 is 0 Å². The second kappa shape index (κ2) is 3.98. The molecule has 0 heterocycles. The Hall–Kier alpha value is -0.570. The maximum Gasteiger partial charge on any atom is 0.237 e. The second-order valence-corrected chi connectivity index (χ2v) is 6.70. The molecule has 4 bridgehead atoms. The molecule has 0 aromatic rings. The van der Waals surface area contributed by atoms with Crippen molar-refractivity contribution < 1.29 is 4.79 Å². The van der Waals surface area contributed by atoms with Crippen LogP contribution in [0.15, 0.2) is 0 Å². The van der Waals surface area contributed by atoms with E-state index in [1.165, 1.54) is 38.5 Å². The molecule has 0 radical (unpaired) electrons. The third kappa shape index (κ3) is 1.99. The van der Waals surface area contributed by atoms with Crippen LogP contribution in [0.1, 0.15) is 45.4 Å². The normalized spacial score (nSPS) is 44.7. The first-order chi connectivity index (χ1) is 8.10. The lowest BCUT2D eigenvalue weighted by atomic mass is 9.53. The highest BCUT2D eigenvalue weighted by molar-refractivity contribution is 5.82. The molecule has 3 heteroatoms. The number of carbonyl (C=O) groups is 1. The Labute approximate surface area is 104 Å². The number of amides is 1. The first-order valence-corrected chi connectivity index (χ1v) is 7.09. The summed E-state index contributed by atoms with van der Waals surface area (Å²) in [4.78, 5) is 12.1. The van der Waals surface area contributed by atoms with Crippen LogP contribution in [-0.4, -0.2) is 24.5 Å². The van der Waals surface area contributed by atoms with Crippen molar-refractivity contribution in [1.29, 1.82) is 0 Å². The van der Waals surface area contributed by atoms with E-state index >= 15 is 0 Å². The van der Waals surface area contributed by atoms with Crippen LogP contribution in [0.3, 0.4) is 0 Å². The standard InChI is InChI=1S/C14H24N2O/c1-9(15-2)13(17)16-14-6-10-3-11(7-14)5-12(4-10)8-14/h9-12,15H,3-8H2,1-2H3,(H,16,17). The monoisotopic (exact) mass is 236 g/mol. The molecule has 1 amide bonds. The number of likely N-dealkylation sites (N-methyl/N-ethyl adjacent to an activating group) is 1. The minimum absolute atomic E-state index is 0.0667. The van der Waals surface area contributed by atoms with Gasteiger partial charge in [0.2, 0.25) is 5.91 Å². The Kier molecular flexibility index (Phi) is 2.69. The minimum atomic E-state index is -0.0667. The predicted octanol–water partition coefficient (Wildman–Crippen LogP) is 1.68. The number of nitrogens with one attached hydrogen (secondary N) is 2. The maximum absolute atomic E-state index is 12.1. The topological polar surface area (TPSA) is 41.1 Å². The number of carbonyl (C=O) groups excluding carboxylic acids is 1. The zero-order valence-corrected chi connectivity index (χ0v) is 11.0. The Morgan fingerprint density at radius 3 is 2.00 bits per heavy atom. The van der Waals surface area contributed by atoms with Crippen LogP contribution in [0, 0.1) is 17.8 Å². The molecule has 4 aliphatic carbocycles. The summed E-state index contributed by atoms with van der Waals surface area (Å²) in [5, 5.41) is 6.41. The third-order valence-corrected chi connectivity index (χ3v) is 5.25. The molecule has 4 saturated carbocycles. The van der Waals surface area contributed by atoms with Crippen LogP contribution in [-0.2, 0) is 4.79 Å². The Morgan fingerprint density at radius 2 is 1.59 bits per heavy atom. The van der Waals surface area contributed by atoms with Gasteiger partial charge in [-0.15, -0.1) is 0 Å². The van der Waals surface area contributed by atoms with Crippen LogP contribution < -0.4 is 10.6 Å². The Balaban J connectivity index is 1.72. The first kappa shape index (κ1) is 11.5. The highest BCUT2D eigenvalue weighted by Gasteiger charge is 2.51. The van der Waals surface area contributed by atoms with Gasteiger partial charge in [0.15, 0.2) is 0 Å². The predicted molar refractivity (Wildman–Crippen MR) is 67.6 cm³/mol. The van der Waals surface area contributed by atoms with Gasteiger partial charge in [-0.1, -0.05) is 0 Å². The SMILES string of the molecule is CNC(C)C(=O)NC12CC3CC(CC(C3)C1)C2. The summed E-state index contributed by atoms with van der Waals surface area (Å²) in [6.07, 6.45) is 7.99. The highest BCUT2D eigenvalue weighted by Crippen LogP contribution is 2.55. The van der Waals surface area contributed by atoms with E-state index in [0.29, 0.717) is 0 Å². The van der Waals surface area contributed by atoms with E-state index in [-0.39, 0.29) is 17.5 Å². The smallest absolute Gasteiger partial charge is 0.237 e. The van der Waals surface area contributed by atoms with Crippen molar-refractivity contribution in [3.05, 3.63) is 0 Å². The van der Waals surface area contributed by atoms with Gasteiger partial charge in [-0.05, 0) is 70.3 Å². The quantitative estimate of drug-likeness (QED) is 0.783. The molecule has 17 heavy (non-hydrogen) atoms. The van der Waals surface area contributed by atoms with Gasteiger partial charge < -0.3 is 10.6 Å². The largest absolute Gasteiger partial charge is 0.349 e. The number of rotatable bonds is 3. The Bertz CT molecular complexity index is 291. The third-order valence-electron chi connectivity index (χ3n) is 5.25. The molecular weight excluding hydrogens is 212 g/mol. The van der Waals surface area contributed by atoms with E-state index < -0.39 is 0 Å². The molecular formula is C14H24N2O. The fraction of sp³-hybridized carbons (Fsp3) is 0.929. The van der Waals surface area contributed by atoms with Crippen molar-refractivity contribution in [3.8, 4) is 0 Å². The lowest BCUT2D eigenvalue weighted by molar-refractivity contribution is -0.128. The van der Waals surface area contributed by atoms with Gasteiger partial charge in [0.1, 0.15) is 0 Å². The van der Waals surface area contributed by atoms with Crippen LogP contribution in [0.4, 0.5) is 0 Å². The summed E-state index contributed by atoms with van der Waals surface area (Å²) >= 11 is 0. The van der Waals surface area contributed by atoms with Crippen molar-refractivity contribution in [1.82, 2.24) is 10.6 Å². The van der Waals surface area contributed by atoms with Crippen molar-refractivity contribution in [3.63, 3.8) is 0 Å². The van der Waals surface area contributed by atoms with E-state index in [2.05, 4.69) is 10.6 Å². The lowest BCUT2D eigenvalue weighted by Gasteiger charge is -2.57. The van der Waals surface area contributed by atoms with Crippen molar-refractivity contribution in [2.45, 2.75) is 57.0 Å². The summed E-state index contributed by atoms with van der Waals surface area (Å²) in [5.74, 6) is 2.87. The summed E-state index contributed by atoms with van der Waals surface area (Å²) in [6.45, 7) is 1.94. The molecule has 0 aromatic heterocycles. The maximum atomic E-state index is 12.1. The number of hydrogen-bond donors (Lipinski definition) is 2. The molecule has 4 aliphatic rings. The van der Waals surface area contributed by atoms with Crippen molar-refractivity contribution in [2.75, 3.05) is 7.05 Å². The van der Waals surface area contributed by atoms with E-state index in [4.69, 9.17) is 0 Å². The van der Waals surface area contributed by atoms with Crippen LogP contribution in [0.2, 0.25) is 0 Å². The van der Waals surface area contributed by atoms with Gasteiger partial charge in [0.05, 0.1) is 6.04 Å². The molecule has 4 fully saturated rings. The van der Waals surface area contributed by atoms with Gasteiger partial charge in [0.25, 0.3) is 0 Å². The second-order valence-electron chi connectivity index (χ2n) is 6.70. The van der Waals surface area contributed by atoms with E-state index in [0.717, 1.165) is 17.8 Å². The van der Waals surface area contributed by atoms with Gasteiger partial charge in [-0.3, -0.25) is 4.79 Å². The highest BCUT2D eigenvalue weighted by atomic mass is 16.2. The van der Waals surface area contributed by atoms with Crippen LogP contribution in [0.5, 0.6) is 0 Å². The molecule has 0 saturated heterocycles. The van der Waals surface area contributed by atoms with E-state index in [1.807, 2.05) is 14.0 Å². The fourth-order valence-electron chi connectivity index (χ4n) is 4.76. The lowest BCUT2D eigenvalue weighted by Crippen LogP contribution is -2.61. The van der Waals surface area contributed by atoms with Crippen LogP contribution >= 0.6 is 0 Å². The van der Waals surface area contributed by atoms with Crippen LogP contribution in [0.25, 0.3) is 0 Å². The summed E-state index contributed by atoms with van der Waals surface area (Å²) < 4.78 is 0. The van der Waals surface area contributed by atoms with Gasteiger partial charge in [-0.2, -0.15) is 0 Å². The minimum Gasteiger partial charge on any atom is -0.349 e. The zero-order valence-electron chi connectivity index (χ0n) is 11.0.